The van der Waals surface area contributed by atoms with Gasteiger partial charge in [-0.25, -0.2) is 4.98 Å². The van der Waals surface area contributed by atoms with Crippen LogP contribution in [0.15, 0.2) is 78.0 Å². The lowest BCUT2D eigenvalue weighted by Crippen LogP contribution is -2.15. The fourth-order valence-electron chi connectivity index (χ4n) is 3.32. The highest BCUT2D eigenvalue weighted by molar-refractivity contribution is 7.99. The number of aromatic amines is 1. The number of rotatable bonds is 8. The first-order valence-electron chi connectivity index (χ1n) is 10.1. The van der Waals surface area contributed by atoms with Gasteiger partial charge >= 0.3 is 0 Å². The number of hydrogen-bond acceptors (Lipinski definition) is 5. The van der Waals surface area contributed by atoms with Crippen LogP contribution in [0.1, 0.15) is 0 Å². The molecule has 0 fully saturated rings. The fourth-order valence-corrected chi connectivity index (χ4v) is 4.23. The second-order valence-electron chi connectivity index (χ2n) is 7.02. The van der Waals surface area contributed by atoms with Crippen molar-refractivity contribution in [3.8, 4) is 34.0 Å². The Hall–Kier alpha value is -3.42. The second-order valence-corrected chi connectivity index (χ2v) is 8.39. The number of nitrogens with zero attached hydrogens (tertiary/aromatic N) is 1. The molecule has 33 heavy (non-hydrogen) atoms. The molecule has 0 saturated heterocycles. The molecule has 8 heteroatoms. The molecule has 3 aromatic carbocycles. The molecule has 168 valence electrons. The number of amides is 1. The topological polar surface area (TPSA) is 76.2 Å². The molecule has 0 saturated carbocycles. The predicted molar refractivity (Wildman–Crippen MR) is 133 cm³/mol. The molecule has 0 unspecified atom stereocenters. The summed E-state index contributed by atoms with van der Waals surface area (Å²) in [4.78, 5) is 20.8. The summed E-state index contributed by atoms with van der Waals surface area (Å²) >= 11 is 7.52. The number of thioether (sulfide) groups is 1. The number of H-pyrrole nitrogens is 1. The molecule has 0 aliphatic heterocycles. The Kier molecular flexibility index (Phi) is 7.22. The summed E-state index contributed by atoms with van der Waals surface area (Å²) in [5.41, 5.74) is 4.25. The number of carbonyl (C=O) groups excluding carboxylic acids is 1. The molecule has 1 amide bonds. The number of carbonyl (C=O) groups is 1. The van der Waals surface area contributed by atoms with Gasteiger partial charge in [-0.05, 0) is 6.07 Å². The fraction of sp³-hybridized carbons (Fsp3) is 0.120. The number of anilines is 1. The SMILES string of the molecule is COc1cc(OC)c(NC(=O)CSc2nc(-c3ccccc3)c(-c3ccccc3)[nH]2)cc1Cl. The van der Waals surface area contributed by atoms with Gasteiger partial charge in [-0.15, -0.1) is 0 Å². The van der Waals surface area contributed by atoms with Crippen LogP contribution < -0.4 is 14.8 Å². The van der Waals surface area contributed by atoms with Crippen LogP contribution in [0.5, 0.6) is 11.5 Å². The third kappa shape index (κ3) is 5.32. The van der Waals surface area contributed by atoms with Gasteiger partial charge in [0.25, 0.3) is 0 Å². The molecule has 0 atom stereocenters. The summed E-state index contributed by atoms with van der Waals surface area (Å²) in [7, 11) is 3.04. The summed E-state index contributed by atoms with van der Waals surface area (Å²) in [5, 5.41) is 3.88. The van der Waals surface area contributed by atoms with Crippen molar-refractivity contribution in [2.45, 2.75) is 5.16 Å². The first-order valence-corrected chi connectivity index (χ1v) is 11.5. The lowest BCUT2D eigenvalue weighted by atomic mass is 10.1. The number of ether oxygens (including phenoxy) is 2. The molecule has 1 heterocycles. The van der Waals surface area contributed by atoms with Gasteiger partial charge in [-0.1, -0.05) is 84.0 Å². The lowest BCUT2D eigenvalue weighted by molar-refractivity contribution is -0.113. The molecule has 0 radical (unpaired) electrons. The van der Waals surface area contributed by atoms with E-state index in [9.17, 15) is 4.79 Å². The monoisotopic (exact) mass is 479 g/mol. The molecular weight excluding hydrogens is 458 g/mol. The van der Waals surface area contributed by atoms with E-state index < -0.39 is 0 Å². The Bertz CT molecular complexity index is 1190. The molecule has 0 aliphatic rings. The zero-order chi connectivity index (χ0) is 23.2. The smallest absolute Gasteiger partial charge is 0.234 e. The van der Waals surface area contributed by atoms with Crippen molar-refractivity contribution in [3.05, 3.63) is 77.8 Å². The highest BCUT2D eigenvalue weighted by atomic mass is 35.5. The van der Waals surface area contributed by atoms with E-state index in [2.05, 4.69) is 10.3 Å². The number of halogens is 1. The molecule has 4 rings (SSSR count). The van der Waals surface area contributed by atoms with Crippen molar-refractivity contribution in [2.24, 2.45) is 0 Å². The minimum atomic E-state index is -0.210. The van der Waals surface area contributed by atoms with Crippen LogP contribution in [0, 0.1) is 0 Å². The van der Waals surface area contributed by atoms with Crippen molar-refractivity contribution < 1.29 is 14.3 Å². The summed E-state index contributed by atoms with van der Waals surface area (Å²) in [6, 6.07) is 23.2. The summed E-state index contributed by atoms with van der Waals surface area (Å²) in [6.45, 7) is 0. The van der Waals surface area contributed by atoms with Gasteiger partial charge in [0, 0.05) is 17.2 Å². The van der Waals surface area contributed by atoms with E-state index in [1.165, 1.54) is 26.0 Å². The van der Waals surface area contributed by atoms with E-state index in [4.69, 9.17) is 26.1 Å². The minimum absolute atomic E-state index is 0.156. The number of aromatic nitrogens is 2. The third-order valence-electron chi connectivity index (χ3n) is 4.88. The first kappa shape index (κ1) is 22.8. The maximum absolute atomic E-state index is 12.6. The van der Waals surface area contributed by atoms with E-state index in [1.54, 1.807) is 12.1 Å². The molecule has 6 nitrogen and oxygen atoms in total. The number of hydrogen-bond donors (Lipinski definition) is 2. The Morgan fingerprint density at radius 3 is 2.24 bits per heavy atom. The zero-order valence-corrected chi connectivity index (χ0v) is 19.7. The van der Waals surface area contributed by atoms with E-state index in [0.29, 0.717) is 27.4 Å². The number of benzene rings is 3. The number of nitrogens with one attached hydrogen (secondary N) is 2. The van der Waals surface area contributed by atoms with Gasteiger partial charge in [0.15, 0.2) is 5.16 Å². The Balaban J connectivity index is 1.53. The van der Waals surface area contributed by atoms with Crippen LogP contribution in [0.2, 0.25) is 5.02 Å². The molecule has 4 aromatic rings. The van der Waals surface area contributed by atoms with Crippen molar-refractivity contribution in [1.29, 1.82) is 0 Å². The molecule has 2 N–H and O–H groups in total. The van der Waals surface area contributed by atoms with Crippen LogP contribution >= 0.6 is 23.4 Å². The molecule has 0 aliphatic carbocycles. The first-order chi connectivity index (χ1) is 16.1. The van der Waals surface area contributed by atoms with Crippen molar-refractivity contribution >= 4 is 35.0 Å². The summed E-state index contributed by atoms with van der Waals surface area (Å²) in [5.74, 6) is 0.880. The standard InChI is InChI=1S/C25H22ClN3O3S/c1-31-20-14-21(32-2)19(13-18(20)26)27-22(30)15-33-25-28-23(16-9-5-3-6-10-16)24(29-25)17-11-7-4-8-12-17/h3-14H,15H2,1-2H3,(H,27,30)(H,28,29). The summed E-state index contributed by atoms with van der Waals surface area (Å²) < 4.78 is 10.5. The van der Waals surface area contributed by atoms with Crippen molar-refractivity contribution in [1.82, 2.24) is 9.97 Å². The molecule has 0 spiro atoms. The highest BCUT2D eigenvalue weighted by Crippen LogP contribution is 2.36. The maximum Gasteiger partial charge on any atom is 0.234 e. The predicted octanol–water partition coefficient (Wildman–Crippen LogP) is 6.15. The van der Waals surface area contributed by atoms with E-state index >= 15 is 0 Å². The van der Waals surface area contributed by atoms with Crippen LogP contribution in [-0.4, -0.2) is 35.8 Å². The van der Waals surface area contributed by atoms with Crippen molar-refractivity contribution in [2.75, 3.05) is 25.3 Å². The average Bonchev–Trinajstić information content (AvgIpc) is 3.28. The maximum atomic E-state index is 12.6. The average molecular weight is 480 g/mol. The Morgan fingerprint density at radius 2 is 1.61 bits per heavy atom. The highest BCUT2D eigenvalue weighted by Gasteiger charge is 2.17. The van der Waals surface area contributed by atoms with E-state index in [0.717, 1.165) is 22.5 Å². The van der Waals surface area contributed by atoms with Gasteiger partial charge in [0.2, 0.25) is 5.91 Å². The normalized spacial score (nSPS) is 10.6. The zero-order valence-electron chi connectivity index (χ0n) is 18.1. The van der Waals surface area contributed by atoms with E-state index in [1.807, 2.05) is 60.7 Å². The molecular formula is C25H22ClN3O3S. The Labute approximate surface area is 201 Å². The van der Waals surface area contributed by atoms with Gasteiger partial charge < -0.3 is 19.8 Å². The quantitative estimate of drug-likeness (QED) is 0.296. The van der Waals surface area contributed by atoms with Crippen LogP contribution in [0.3, 0.4) is 0 Å². The van der Waals surface area contributed by atoms with Crippen LogP contribution in [-0.2, 0) is 4.79 Å². The summed E-state index contributed by atoms with van der Waals surface area (Å²) in [6.07, 6.45) is 0. The minimum Gasteiger partial charge on any atom is -0.495 e. The largest absolute Gasteiger partial charge is 0.495 e. The second kappa shape index (κ2) is 10.5. The molecule has 0 bridgehead atoms. The van der Waals surface area contributed by atoms with Gasteiger partial charge in [0.1, 0.15) is 11.5 Å². The molecule has 1 aromatic heterocycles. The number of methoxy groups -OCH3 is 2. The van der Waals surface area contributed by atoms with E-state index in [-0.39, 0.29) is 11.7 Å². The van der Waals surface area contributed by atoms with Gasteiger partial charge in [-0.3, -0.25) is 4.79 Å². The van der Waals surface area contributed by atoms with Gasteiger partial charge in [0.05, 0.1) is 42.1 Å². The van der Waals surface area contributed by atoms with Crippen LogP contribution in [0.25, 0.3) is 22.5 Å². The van der Waals surface area contributed by atoms with Gasteiger partial charge in [-0.2, -0.15) is 0 Å². The Morgan fingerprint density at radius 1 is 0.970 bits per heavy atom. The van der Waals surface area contributed by atoms with Crippen molar-refractivity contribution in [3.63, 3.8) is 0 Å². The third-order valence-corrected chi connectivity index (χ3v) is 6.05. The number of imidazole rings is 1. The van der Waals surface area contributed by atoms with Crippen LogP contribution in [0.4, 0.5) is 5.69 Å². The lowest BCUT2D eigenvalue weighted by Gasteiger charge is -2.12.